The Morgan fingerprint density at radius 2 is 1.72 bits per heavy atom. The number of benzene rings is 2. The molecule has 9 heteroatoms. The molecule has 0 saturated heterocycles. The maximum Gasteiger partial charge on any atom is 0.319 e. The molecule has 2 amide bonds. The molecule has 132 valence electrons. The van der Waals surface area contributed by atoms with Crippen LogP contribution in [0.2, 0.25) is 10.0 Å². The summed E-state index contributed by atoms with van der Waals surface area (Å²) in [5.41, 5.74) is 0.818. The molecule has 25 heavy (non-hydrogen) atoms. The van der Waals surface area contributed by atoms with Crippen molar-refractivity contribution >= 4 is 50.6 Å². The summed E-state index contributed by atoms with van der Waals surface area (Å²) in [4.78, 5) is 11.4. The van der Waals surface area contributed by atoms with Gasteiger partial charge in [-0.25, -0.2) is 13.2 Å². The van der Waals surface area contributed by atoms with Crippen molar-refractivity contribution in [3.8, 4) is 0 Å². The number of hydrogen-bond donors (Lipinski definition) is 3. The second kappa shape index (κ2) is 8.24. The molecule has 0 radical (unpaired) electrons. The van der Waals surface area contributed by atoms with Crippen molar-refractivity contribution in [3.05, 3.63) is 65.2 Å². The molecule has 2 rings (SSSR count). The average molecular weight is 400 g/mol. The van der Waals surface area contributed by atoms with E-state index in [0.717, 1.165) is 0 Å². The lowest BCUT2D eigenvalue weighted by Gasteiger charge is -2.11. The zero-order chi connectivity index (χ0) is 18.4. The SMILES string of the molecule is C=CCNC(=O)Nc1ccc(NS(=O)(=O)c2cc(Cl)ccc2Cl)cc1. The van der Waals surface area contributed by atoms with Crippen LogP contribution in [-0.2, 0) is 10.0 Å². The fraction of sp³-hybridized carbons (Fsp3) is 0.0625. The van der Waals surface area contributed by atoms with Gasteiger partial charge < -0.3 is 10.6 Å². The molecule has 0 aromatic heterocycles. The van der Waals surface area contributed by atoms with Crippen molar-refractivity contribution in [2.45, 2.75) is 4.90 Å². The van der Waals surface area contributed by atoms with Gasteiger partial charge in [-0.1, -0.05) is 29.3 Å². The fourth-order valence-corrected chi connectivity index (χ4v) is 3.68. The zero-order valence-corrected chi connectivity index (χ0v) is 15.3. The molecule has 0 aliphatic carbocycles. The van der Waals surface area contributed by atoms with Crippen molar-refractivity contribution in [2.75, 3.05) is 16.6 Å². The van der Waals surface area contributed by atoms with Gasteiger partial charge in [0.1, 0.15) is 4.90 Å². The minimum absolute atomic E-state index is 0.0640. The number of rotatable bonds is 6. The maximum atomic E-state index is 12.4. The Morgan fingerprint density at radius 3 is 2.36 bits per heavy atom. The third-order valence-corrected chi connectivity index (χ3v) is 5.08. The Bertz CT molecular complexity index is 884. The summed E-state index contributed by atoms with van der Waals surface area (Å²) in [5, 5.41) is 5.48. The number of urea groups is 1. The largest absolute Gasteiger partial charge is 0.334 e. The number of hydrogen-bond acceptors (Lipinski definition) is 3. The average Bonchev–Trinajstić information content (AvgIpc) is 2.56. The van der Waals surface area contributed by atoms with Gasteiger partial charge >= 0.3 is 6.03 Å². The lowest BCUT2D eigenvalue weighted by molar-refractivity contribution is 0.253. The van der Waals surface area contributed by atoms with Crippen LogP contribution in [0.5, 0.6) is 0 Å². The van der Waals surface area contributed by atoms with Crippen LogP contribution in [0.4, 0.5) is 16.2 Å². The third kappa shape index (κ3) is 5.38. The van der Waals surface area contributed by atoms with Gasteiger partial charge in [-0.3, -0.25) is 4.72 Å². The number of anilines is 2. The molecule has 0 aliphatic rings. The van der Waals surface area contributed by atoms with Crippen molar-refractivity contribution in [2.24, 2.45) is 0 Å². The van der Waals surface area contributed by atoms with Crippen LogP contribution in [0.1, 0.15) is 0 Å². The summed E-state index contributed by atoms with van der Waals surface area (Å²) in [6.07, 6.45) is 1.55. The lowest BCUT2D eigenvalue weighted by Crippen LogP contribution is -2.28. The molecule has 6 nitrogen and oxygen atoms in total. The highest BCUT2D eigenvalue weighted by Crippen LogP contribution is 2.27. The van der Waals surface area contributed by atoms with Gasteiger partial charge in [-0.15, -0.1) is 6.58 Å². The van der Waals surface area contributed by atoms with E-state index in [9.17, 15) is 13.2 Å². The van der Waals surface area contributed by atoms with Crippen LogP contribution in [0, 0.1) is 0 Å². The Labute approximate surface area is 155 Å². The van der Waals surface area contributed by atoms with Gasteiger partial charge in [0.05, 0.1) is 5.02 Å². The van der Waals surface area contributed by atoms with Gasteiger partial charge in [0.25, 0.3) is 10.0 Å². The minimum atomic E-state index is -3.89. The molecule has 0 spiro atoms. The highest BCUT2D eigenvalue weighted by molar-refractivity contribution is 7.92. The predicted octanol–water partition coefficient (Wildman–Crippen LogP) is 4.10. The van der Waals surface area contributed by atoms with Gasteiger partial charge in [0.2, 0.25) is 0 Å². The summed E-state index contributed by atoms with van der Waals surface area (Å²) >= 11 is 11.8. The second-order valence-corrected chi connectivity index (χ2v) is 7.38. The minimum Gasteiger partial charge on any atom is -0.334 e. The first-order chi connectivity index (χ1) is 11.8. The number of nitrogens with one attached hydrogen (secondary N) is 3. The van der Waals surface area contributed by atoms with Gasteiger partial charge in [-0.05, 0) is 42.5 Å². The van der Waals surface area contributed by atoms with Crippen molar-refractivity contribution in [3.63, 3.8) is 0 Å². The van der Waals surface area contributed by atoms with Crippen LogP contribution in [0.3, 0.4) is 0 Å². The highest BCUT2D eigenvalue weighted by atomic mass is 35.5. The predicted molar refractivity (Wildman–Crippen MR) is 101 cm³/mol. The molecule has 2 aromatic carbocycles. The normalized spacial score (nSPS) is 10.8. The highest BCUT2D eigenvalue weighted by Gasteiger charge is 2.18. The topological polar surface area (TPSA) is 87.3 Å². The van der Waals surface area contributed by atoms with Crippen LogP contribution in [-0.4, -0.2) is 21.0 Å². The smallest absolute Gasteiger partial charge is 0.319 e. The van der Waals surface area contributed by atoms with Gasteiger partial charge in [-0.2, -0.15) is 0 Å². The van der Waals surface area contributed by atoms with E-state index in [0.29, 0.717) is 17.9 Å². The second-order valence-electron chi connectivity index (χ2n) is 4.88. The first kappa shape index (κ1) is 19.1. The first-order valence-electron chi connectivity index (χ1n) is 7.05. The molecule has 0 heterocycles. The van der Waals surface area contributed by atoms with E-state index in [2.05, 4.69) is 21.9 Å². The Hall–Kier alpha value is -2.22. The van der Waals surface area contributed by atoms with Crippen molar-refractivity contribution in [1.82, 2.24) is 5.32 Å². The summed E-state index contributed by atoms with van der Waals surface area (Å²) < 4.78 is 27.2. The molecular weight excluding hydrogens is 385 g/mol. The molecule has 0 aliphatic heterocycles. The van der Waals surface area contributed by atoms with Crippen LogP contribution >= 0.6 is 23.2 Å². The summed E-state index contributed by atoms with van der Waals surface area (Å²) in [6, 6.07) is 9.94. The number of sulfonamides is 1. The quantitative estimate of drug-likeness (QED) is 0.638. The lowest BCUT2D eigenvalue weighted by atomic mass is 10.3. The Balaban J connectivity index is 2.11. The van der Waals surface area contributed by atoms with Gasteiger partial charge in [0.15, 0.2) is 0 Å². The van der Waals surface area contributed by atoms with E-state index in [-0.39, 0.29) is 21.0 Å². The first-order valence-corrected chi connectivity index (χ1v) is 9.29. The van der Waals surface area contributed by atoms with Crippen LogP contribution in [0.15, 0.2) is 60.0 Å². The monoisotopic (exact) mass is 399 g/mol. The standard InChI is InChI=1S/C16H15Cl2N3O3S/c1-2-9-19-16(22)20-12-4-6-13(7-5-12)21-25(23,24)15-10-11(17)3-8-14(15)18/h2-8,10,21H,1,9H2,(H2,19,20,22). The number of carbonyl (C=O) groups is 1. The number of halogens is 2. The summed E-state index contributed by atoms with van der Waals surface area (Å²) in [7, 11) is -3.89. The van der Waals surface area contributed by atoms with E-state index in [1.165, 1.54) is 30.3 Å². The molecule has 0 fully saturated rings. The van der Waals surface area contributed by atoms with E-state index in [1.807, 2.05) is 0 Å². The molecule has 0 saturated carbocycles. The zero-order valence-electron chi connectivity index (χ0n) is 12.9. The molecular formula is C16H15Cl2N3O3S. The molecule has 0 atom stereocenters. The van der Waals surface area contributed by atoms with Crippen molar-refractivity contribution in [1.29, 1.82) is 0 Å². The Kier molecular flexibility index (Phi) is 6.30. The van der Waals surface area contributed by atoms with Crippen LogP contribution in [0.25, 0.3) is 0 Å². The van der Waals surface area contributed by atoms with Crippen molar-refractivity contribution < 1.29 is 13.2 Å². The Morgan fingerprint density at radius 1 is 1.08 bits per heavy atom. The van der Waals surface area contributed by atoms with E-state index in [1.54, 1.807) is 18.2 Å². The number of carbonyl (C=O) groups excluding carboxylic acids is 1. The van der Waals surface area contributed by atoms with Crippen LogP contribution < -0.4 is 15.4 Å². The molecule has 0 unspecified atom stereocenters. The summed E-state index contributed by atoms with van der Waals surface area (Å²) in [6.45, 7) is 3.83. The fourth-order valence-electron chi connectivity index (χ4n) is 1.86. The van der Waals surface area contributed by atoms with E-state index >= 15 is 0 Å². The molecule has 3 N–H and O–H groups in total. The molecule has 2 aromatic rings. The maximum absolute atomic E-state index is 12.4. The summed E-state index contributed by atoms with van der Waals surface area (Å²) in [5.74, 6) is 0. The van der Waals surface area contributed by atoms with E-state index in [4.69, 9.17) is 23.2 Å². The molecule has 0 bridgehead atoms. The van der Waals surface area contributed by atoms with E-state index < -0.39 is 10.0 Å². The van der Waals surface area contributed by atoms with Gasteiger partial charge in [0, 0.05) is 22.9 Å². The number of amides is 2. The third-order valence-electron chi connectivity index (χ3n) is 2.98.